The molecule has 1 amide bonds. The van der Waals surface area contributed by atoms with Gasteiger partial charge in [0.1, 0.15) is 11.6 Å². The lowest BCUT2D eigenvalue weighted by atomic mass is 9.95. The molecular formula is C18H20F2N2O2. The van der Waals surface area contributed by atoms with Crippen LogP contribution in [-0.2, 0) is 11.2 Å². The third kappa shape index (κ3) is 4.19. The highest BCUT2D eigenvalue weighted by Crippen LogP contribution is 2.24. The van der Waals surface area contributed by atoms with E-state index in [0.717, 1.165) is 37.8 Å². The molecule has 0 atom stereocenters. The fourth-order valence-electron chi connectivity index (χ4n) is 3.01. The topological polar surface area (TPSA) is 55.1 Å². The van der Waals surface area contributed by atoms with Crippen LogP contribution in [0.4, 0.5) is 8.78 Å². The minimum absolute atomic E-state index is 0.0189. The van der Waals surface area contributed by atoms with Gasteiger partial charge in [0.2, 0.25) is 5.91 Å². The third-order valence-electron chi connectivity index (χ3n) is 4.29. The predicted molar refractivity (Wildman–Crippen MR) is 85.2 cm³/mol. The molecule has 2 aromatic rings. The molecule has 6 heteroatoms. The van der Waals surface area contributed by atoms with Gasteiger partial charge < -0.3 is 9.73 Å². The van der Waals surface area contributed by atoms with Crippen molar-refractivity contribution >= 4 is 5.91 Å². The molecule has 1 heterocycles. The van der Waals surface area contributed by atoms with E-state index in [9.17, 15) is 13.6 Å². The standard InChI is InChI=1S/C18H20F2N2O2/c19-12-6-7-14(15(20)10-12)16-11-21-18(24-16)9-8-17(23)22-13-4-2-1-3-5-13/h6-7,10-11,13H,1-5,8-9H2,(H,22,23). The molecule has 3 rings (SSSR count). The molecule has 1 aliphatic rings. The summed E-state index contributed by atoms with van der Waals surface area (Å²) in [4.78, 5) is 16.0. The maximum Gasteiger partial charge on any atom is 0.220 e. The van der Waals surface area contributed by atoms with Crippen LogP contribution in [-0.4, -0.2) is 16.9 Å². The summed E-state index contributed by atoms with van der Waals surface area (Å²) in [5.74, 6) is -0.763. The van der Waals surface area contributed by atoms with Gasteiger partial charge in [-0.2, -0.15) is 0 Å². The molecule has 1 aliphatic carbocycles. The number of benzene rings is 1. The Morgan fingerprint density at radius 1 is 1.25 bits per heavy atom. The van der Waals surface area contributed by atoms with E-state index >= 15 is 0 Å². The van der Waals surface area contributed by atoms with Crippen LogP contribution in [0.5, 0.6) is 0 Å². The largest absolute Gasteiger partial charge is 0.441 e. The number of carbonyl (C=O) groups excluding carboxylic acids is 1. The van der Waals surface area contributed by atoms with Crippen molar-refractivity contribution in [1.82, 2.24) is 10.3 Å². The van der Waals surface area contributed by atoms with Crippen LogP contribution in [0.3, 0.4) is 0 Å². The molecule has 0 radical (unpaired) electrons. The molecule has 1 aromatic carbocycles. The van der Waals surface area contributed by atoms with E-state index in [1.165, 1.54) is 18.7 Å². The molecule has 24 heavy (non-hydrogen) atoms. The van der Waals surface area contributed by atoms with Crippen molar-refractivity contribution in [3.05, 3.63) is 41.9 Å². The van der Waals surface area contributed by atoms with Crippen LogP contribution in [0.1, 0.15) is 44.4 Å². The quantitative estimate of drug-likeness (QED) is 0.899. The van der Waals surface area contributed by atoms with Crippen molar-refractivity contribution < 1.29 is 18.0 Å². The lowest BCUT2D eigenvalue weighted by Crippen LogP contribution is -2.36. The normalized spacial score (nSPS) is 15.4. The summed E-state index contributed by atoms with van der Waals surface area (Å²) >= 11 is 0. The van der Waals surface area contributed by atoms with E-state index in [1.807, 2.05) is 0 Å². The minimum atomic E-state index is -0.701. The average Bonchev–Trinajstić information content (AvgIpc) is 3.02. The highest BCUT2D eigenvalue weighted by Gasteiger charge is 2.17. The van der Waals surface area contributed by atoms with Gasteiger partial charge in [-0.1, -0.05) is 19.3 Å². The smallest absolute Gasteiger partial charge is 0.220 e. The van der Waals surface area contributed by atoms with Gasteiger partial charge in [0, 0.05) is 24.9 Å². The molecule has 0 unspecified atom stereocenters. The van der Waals surface area contributed by atoms with E-state index in [-0.39, 0.29) is 29.7 Å². The summed E-state index contributed by atoms with van der Waals surface area (Å²) in [6, 6.07) is 3.55. The Hall–Kier alpha value is -2.24. The molecule has 0 aliphatic heterocycles. The maximum atomic E-state index is 13.7. The van der Waals surface area contributed by atoms with E-state index in [0.29, 0.717) is 12.3 Å². The van der Waals surface area contributed by atoms with Crippen molar-refractivity contribution in [3.63, 3.8) is 0 Å². The number of nitrogens with one attached hydrogen (secondary N) is 1. The molecule has 1 fully saturated rings. The van der Waals surface area contributed by atoms with Crippen LogP contribution in [0.25, 0.3) is 11.3 Å². The van der Waals surface area contributed by atoms with Gasteiger partial charge in [-0.05, 0) is 25.0 Å². The maximum absolute atomic E-state index is 13.7. The molecule has 1 saturated carbocycles. The number of oxazole rings is 1. The number of hydrogen-bond acceptors (Lipinski definition) is 3. The monoisotopic (exact) mass is 334 g/mol. The first-order valence-electron chi connectivity index (χ1n) is 8.31. The van der Waals surface area contributed by atoms with E-state index in [4.69, 9.17) is 4.42 Å². The summed E-state index contributed by atoms with van der Waals surface area (Å²) in [5.41, 5.74) is 0.154. The fraction of sp³-hybridized carbons (Fsp3) is 0.444. The number of rotatable bonds is 5. The van der Waals surface area contributed by atoms with Crippen molar-refractivity contribution in [3.8, 4) is 11.3 Å². The zero-order chi connectivity index (χ0) is 16.9. The first-order chi connectivity index (χ1) is 11.6. The van der Waals surface area contributed by atoms with Gasteiger partial charge in [0.15, 0.2) is 11.7 Å². The van der Waals surface area contributed by atoms with Gasteiger partial charge in [0.25, 0.3) is 0 Å². The minimum Gasteiger partial charge on any atom is -0.441 e. The van der Waals surface area contributed by atoms with Crippen LogP contribution < -0.4 is 5.32 Å². The van der Waals surface area contributed by atoms with Gasteiger partial charge in [0.05, 0.1) is 11.8 Å². The number of nitrogens with zero attached hydrogens (tertiary/aromatic N) is 1. The Balaban J connectivity index is 1.55. The number of hydrogen-bond donors (Lipinski definition) is 1. The number of amides is 1. The van der Waals surface area contributed by atoms with Gasteiger partial charge in [-0.25, -0.2) is 13.8 Å². The molecule has 128 valence electrons. The number of aryl methyl sites for hydroxylation is 1. The summed E-state index contributed by atoms with van der Waals surface area (Å²) < 4.78 is 32.1. The number of halogens is 2. The highest BCUT2D eigenvalue weighted by molar-refractivity contribution is 5.76. The van der Waals surface area contributed by atoms with Crippen LogP contribution in [0.2, 0.25) is 0 Å². The molecule has 0 saturated heterocycles. The number of carbonyl (C=O) groups is 1. The second kappa shape index (κ2) is 7.55. The van der Waals surface area contributed by atoms with Crippen molar-refractivity contribution in [2.24, 2.45) is 0 Å². The van der Waals surface area contributed by atoms with Crippen molar-refractivity contribution in [1.29, 1.82) is 0 Å². The lowest BCUT2D eigenvalue weighted by molar-refractivity contribution is -0.122. The van der Waals surface area contributed by atoms with Crippen molar-refractivity contribution in [2.45, 2.75) is 51.0 Å². The van der Waals surface area contributed by atoms with E-state index < -0.39 is 11.6 Å². The lowest BCUT2D eigenvalue weighted by Gasteiger charge is -2.22. The highest BCUT2D eigenvalue weighted by atomic mass is 19.1. The second-order valence-electron chi connectivity index (χ2n) is 6.14. The Morgan fingerprint density at radius 3 is 2.79 bits per heavy atom. The van der Waals surface area contributed by atoms with E-state index in [1.54, 1.807) is 0 Å². The Morgan fingerprint density at radius 2 is 2.04 bits per heavy atom. The van der Waals surface area contributed by atoms with Gasteiger partial charge in [-0.3, -0.25) is 4.79 Å². The molecule has 0 spiro atoms. The first kappa shape index (κ1) is 16.6. The summed E-state index contributed by atoms with van der Waals surface area (Å²) in [6.45, 7) is 0. The Kier molecular flexibility index (Phi) is 5.23. The summed E-state index contributed by atoms with van der Waals surface area (Å²) in [6.07, 6.45) is 7.67. The predicted octanol–water partition coefficient (Wildman–Crippen LogP) is 4.00. The molecular weight excluding hydrogens is 314 g/mol. The molecule has 0 bridgehead atoms. The third-order valence-corrected chi connectivity index (χ3v) is 4.29. The van der Waals surface area contributed by atoms with Gasteiger partial charge in [-0.15, -0.1) is 0 Å². The molecule has 4 nitrogen and oxygen atoms in total. The van der Waals surface area contributed by atoms with Crippen molar-refractivity contribution in [2.75, 3.05) is 0 Å². The summed E-state index contributed by atoms with van der Waals surface area (Å²) in [5, 5.41) is 3.03. The fourth-order valence-corrected chi connectivity index (χ4v) is 3.01. The Labute approximate surface area is 139 Å². The molecule has 1 N–H and O–H groups in total. The zero-order valence-corrected chi connectivity index (χ0v) is 13.4. The SMILES string of the molecule is O=C(CCc1ncc(-c2ccc(F)cc2F)o1)NC1CCCCC1. The second-order valence-corrected chi connectivity index (χ2v) is 6.14. The van der Waals surface area contributed by atoms with Crippen LogP contribution in [0, 0.1) is 11.6 Å². The van der Waals surface area contributed by atoms with E-state index in [2.05, 4.69) is 10.3 Å². The molecule has 1 aromatic heterocycles. The van der Waals surface area contributed by atoms with Gasteiger partial charge >= 0.3 is 0 Å². The summed E-state index contributed by atoms with van der Waals surface area (Å²) in [7, 11) is 0. The first-order valence-corrected chi connectivity index (χ1v) is 8.31. The number of aromatic nitrogens is 1. The zero-order valence-electron chi connectivity index (χ0n) is 13.4. The Bertz CT molecular complexity index is 709. The van der Waals surface area contributed by atoms with Crippen LogP contribution in [0.15, 0.2) is 28.8 Å². The van der Waals surface area contributed by atoms with Crippen LogP contribution >= 0.6 is 0 Å². The average molecular weight is 334 g/mol.